The van der Waals surface area contributed by atoms with Gasteiger partial charge in [0.05, 0.1) is 5.56 Å². The zero-order chi connectivity index (χ0) is 19.7. The largest absolute Gasteiger partial charge is 0.489 e. The molecule has 0 bridgehead atoms. The van der Waals surface area contributed by atoms with Crippen LogP contribution in [0.3, 0.4) is 0 Å². The molecule has 0 aliphatic carbocycles. The van der Waals surface area contributed by atoms with Gasteiger partial charge in [-0.2, -0.15) is 0 Å². The van der Waals surface area contributed by atoms with E-state index in [-0.39, 0.29) is 5.63 Å². The van der Waals surface area contributed by atoms with Gasteiger partial charge >= 0.3 is 5.63 Å². The van der Waals surface area contributed by atoms with Gasteiger partial charge in [0.1, 0.15) is 17.9 Å². The van der Waals surface area contributed by atoms with E-state index in [0.717, 1.165) is 22.1 Å². The smallest absolute Gasteiger partial charge is 0.344 e. The molecule has 28 heavy (non-hydrogen) atoms. The fourth-order valence-electron chi connectivity index (χ4n) is 3.31. The fourth-order valence-corrected chi connectivity index (χ4v) is 3.44. The van der Waals surface area contributed by atoms with Crippen molar-refractivity contribution in [1.29, 1.82) is 0 Å². The maximum atomic E-state index is 12.6. The summed E-state index contributed by atoms with van der Waals surface area (Å²) in [6, 6.07) is 20.9. The van der Waals surface area contributed by atoms with Gasteiger partial charge in [0.15, 0.2) is 0 Å². The SMILES string of the molecule is Cc1ccccc1COc1ccc2c(C)c(-c3ccc(Cl)cc3)c(=O)oc2c1. The van der Waals surface area contributed by atoms with Crippen molar-refractivity contribution in [3.05, 3.63) is 98.9 Å². The molecule has 0 atom stereocenters. The number of benzene rings is 3. The molecule has 4 aromatic rings. The molecular weight excluding hydrogens is 372 g/mol. The van der Waals surface area contributed by atoms with Gasteiger partial charge in [-0.1, -0.05) is 48.0 Å². The van der Waals surface area contributed by atoms with Crippen molar-refractivity contribution >= 4 is 22.6 Å². The summed E-state index contributed by atoms with van der Waals surface area (Å²) in [5, 5.41) is 1.51. The molecule has 0 fully saturated rings. The lowest BCUT2D eigenvalue weighted by atomic mass is 9.99. The molecule has 3 aromatic carbocycles. The third-order valence-corrected chi connectivity index (χ3v) is 5.18. The Labute approximate surface area is 168 Å². The highest BCUT2D eigenvalue weighted by atomic mass is 35.5. The molecule has 0 saturated carbocycles. The third-order valence-electron chi connectivity index (χ3n) is 4.93. The predicted molar refractivity (Wildman–Crippen MR) is 113 cm³/mol. The number of ether oxygens (including phenoxy) is 1. The minimum absolute atomic E-state index is 0.372. The molecule has 3 nitrogen and oxygen atoms in total. The Bertz CT molecular complexity index is 1210. The van der Waals surface area contributed by atoms with Gasteiger partial charge in [-0.25, -0.2) is 4.79 Å². The normalized spacial score (nSPS) is 11.0. The first-order valence-electron chi connectivity index (χ1n) is 9.03. The van der Waals surface area contributed by atoms with E-state index in [1.807, 2.05) is 49.4 Å². The van der Waals surface area contributed by atoms with Crippen LogP contribution in [0.4, 0.5) is 0 Å². The van der Waals surface area contributed by atoms with Crippen LogP contribution in [-0.2, 0) is 6.61 Å². The second kappa shape index (κ2) is 7.53. The van der Waals surface area contributed by atoms with Gasteiger partial charge in [-0.3, -0.25) is 0 Å². The highest BCUT2D eigenvalue weighted by Gasteiger charge is 2.14. The van der Waals surface area contributed by atoms with Crippen molar-refractivity contribution in [2.75, 3.05) is 0 Å². The highest BCUT2D eigenvalue weighted by Crippen LogP contribution is 2.29. The molecule has 0 aliphatic heterocycles. The summed E-state index contributed by atoms with van der Waals surface area (Å²) in [6.07, 6.45) is 0. The second-order valence-electron chi connectivity index (χ2n) is 6.77. The molecule has 4 heteroatoms. The minimum Gasteiger partial charge on any atom is -0.489 e. The molecule has 0 radical (unpaired) electrons. The van der Waals surface area contributed by atoms with Crippen LogP contribution in [0.5, 0.6) is 5.75 Å². The minimum atomic E-state index is -0.372. The van der Waals surface area contributed by atoms with Gasteiger partial charge in [0.25, 0.3) is 0 Å². The summed E-state index contributed by atoms with van der Waals surface area (Å²) >= 11 is 5.96. The van der Waals surface area contributed by atoms with E-state index in [1.54, 1.807) is 18.2 Å². The average Bonchev–Trinajstić information content (AvgIpc) is 2.68. The molecular formula is C24H19ClO3. The van der Waals surface area contributed by atoms with Crippen molar-refractivity contribution in [3.63, 3.8) is 0 Å². The van der Waals surface area contributed by atoms with E-state index in [4.69, 9.17) is 20.8 Å². The maximum absolute atomic E-state index is 12.6. The van der Waals surface area contributed by atoms with E-state index in [1.165, 1.54) is 5.56 Å². The Morgan fingerprint density at radius 3 is 2.46 bits per heavy atom. The molecule has 1 aromatic heterocycles. The van der Waals surface area contributed by atoms with Crippen molar-refractivity contribution in [2.45, 2.75) is 20.5 Å². The lowest BCUT2D eigenvalue weighted by Gasteiger charge is -2.11. The topological polar surface area (TPSA) is 39.4 Å². The van der Waals surface area contributed by atoms with E-state index in [9.17, 15) is 4.79 Å². The Balaban J connectivity index is 1.69. The van der Waals surface area contributed by atoms with E-state index in [2.05, 4.69) is 13.0 Å². The average molecular weight is 391 g/mol. The van der Waals surface area contributed by atoms with Crippen LogP contribution in [-0.4, -0.2) is 0 Å². The van der Waals surface area contributed by atoms with Gasteiger partial charge in [0, 0.05) is 16.5 Å². The first-order valence-corrected chi connectivity index (χ1v) is 9.41. The summed E-state index contributed by atoms with van der Waals surface area (Å²) < 4.78 is 11.5. The third kappa shape index (κ3) is 3.54. The van der Waals surface area contributed by atoms with Crippen LogP contribution in [0.1, 0.15) is 16.7 Å². The number of halogens is 1. The number of rotatable bonds is 4. The Morgan fingerprint density at radius 1 is 0.964 bits per heavy atom. The zero-order valence-electron chi connectivity index (χ0n) is 15.7. The summed E-state index contributed by atoms with van der Waals surface area (Å²) in [5.41, 5.74) is 4.66. The van der Waals surface area contributed by atoms with Crippen LogP contribution in [0.25, 0.3) is 22.1 Å². The Kier molecular flexibility index (Phi) is 4.93. The first-order chi connectivity index (χ1) is 13.5. The number of hydrogen-bond donors (Lipinski definition) is 0. The van der Waals surface area contributed by atoms with Crippen molar-refractivity contribution in [1.82, 2.24) is 0 Å². The molecule has 0 aliphatic rings. The van der Waals surface area contributed by atoms with Crippen molar-refractivity contribution < 1.29 is 9.15 Å². The first kappa shape index (κ1) is 18.3. The second-order valence-corrected chi connectivity index (χ2v) is 7.21. The van der Waals surface area contributed by atoms with Crippen molar-refractivity contribution in [3.8, 4) is 16.9 Å². The highest BCUT2D eigenvalue weighted by molar-refractivity contribution is 6.30. The standard InChI is InChI=1S/C24H19ClO3/c1-15-5-3-4-6-18(15)14-27-20-11-12-21-16(2)23(24(26)28-22(21)13-20)17-7-9-19(25)10-8-17/h3-13H,14H2,1-2H3. The van der Waals surface area contributed by atoms with E-state index < -0.39 is 0 Å². The molecule has 0 unspecified atom stereocenters. The predicted octanol–water partition coefficient (Wildman–Crippen LogP) is 6.31. The van der Waals surface area contributed by atoms with Crippen LogP contribution in [0.2, 0.25) is 5.02 Å². The molecule has 0 saturated heterocycles. The molecule has 0 N–H and O–H groups in total. The van der Waals surface area contributed by atoms with Crippen LogP contribution in [0.15, 0.2) is 75.9 Å². The fraction of sp³-hybridized carbons (Fsp3) is 0.125. The van der Waals surface area contributed by atoms with Gasteiger partial charge in [0.2, 0.25) is 0 Å². The summed E-state index contributed by atoms with van der Waals surface area (Å²) in [4.78, 5) is 12.6. The lowest BCUT2D eigenvalue weighted by molar-refractivity contribution is 0.305. The molecule has 0 amide bonds. The number of aryl methyl sites for hydroxylation is 2. The molecule has 140 valence electrons. The van der Waals surface area contributed by atoms with Crippen LogP contribution < -0.4 is 10.4 Å². The Hall–Kier alpha value is -3.04. The van der Waals surface area contributed by atoms with Gasteiger partial charge in [-0.15, -0.1) is 0 Å². The van der Waals surface area contributed by atoms with Gasteiger partial charge < -0.3 is 9.15 Å². The molecule has 1 heterocycles. The van der Waals surface area contributed by atoms with Crippen molar-refractivity contribution in [2.24, 2.45) is 0 Å². The molecule has 0 spiro atoms. The zero-order valence-corrected chi connectivity index (χ0v) is 16.4. The number of hydrogen-bond acceptors (Lipinski definition) is 3. The van der Waals surface area contributed by atoms with Crippen LogP contribution >= 0.6 is 11.6 Å². The van der Waals surface area contributed by atoms with E-state index in [0.29, 0.717) is 28.5 Å². The van der Waals surface area contributed by atoms with Crippen LogP contribution in [0, 0.1) is 13.8 Å². The molecule has 4 rings (SSSR count). The summed E-state index contributed by atoms with van der Waals surface area (Å²) in [5.74, 6) is 0.664. The lowest BCUT2D eigenvalue weighted by Crippen LogP contribution is -2.06. The summed E-state index contributed by atoms with van der Waals surface area (Å²) in [7, 11) is 0. The summed E-state index contributed by atoms with van der Waals surface area (Å²) in [6.45, 7) is 4.45. The Morgan fingerprint density at radius 2 is 1.71 bits per heavy atom. The quantitative estimate of drug-likeness (QED) is 0.383. The monoisotopic (exact) mass is 390 g/mol. The van der Waals surface area contributed by atoms with Gasteiger partial charge in [-0.05, 0) is 60.4 Å². The number of fused-ring (bicyclic) bond motifs is 1. The maximum Gasteiger partial charge on any atom is 0.344 e. The van der Waals surface area contributed by atoms with E-state index >= 15 is 0 Å².